The van der Waals surface area contributed by atoms with Gasteiger partial charge in [0, 0.05) is 13.1 Å². The van der Waals surface area contributed by atoms with E-state index >= 15 is 0 Å². The van der Waals surface area contributed by atoms with Crippen molar-refractivity contribution in [3.05, 3.63) is 0 Å². The zero-order chi connectivity index (χ0) is 60.5. The number of thioether (sulfide) groups is 1. The summed E-state index contributed by atoms with van der Waals surface area (Å²) in [5.74, 6) is -9.17. The third-order valence-corrected chi connectivity index (χ3v) is 12.5. The SMILES string of the molecule is CSCC[C@H](N)C(=O)N[C@@H](CC(C)C)C(=O)N[C@@H](CCCN=C(N)N)C(=O)N[C@H](C(=O)N[C@H](C(=O)NCC(=O)N[C@@H](CCCN=C(N)N)C(=O)N[C@@H](CCCCN)C(=O)N[C@@H](C)C(=O)N[C@@H](CC(C)C)C(=O)O)C(C)C)[C@@H](C)O. The number of hydrogen-bond donors (Lipinski definition) is 17. The quantitative estimate of drug-likeness (QED) is 0.0156. The number of carboxylic acids is 1. The molecule has 29 nitrogen and oxygen atoms in total. The fourth-order valence-corrected chi connectivity index (χ4v) is 8.03. The van der Waals surface area contributed by atoms with Crippen molar-refractivity contribution < 1.29 is 58.2 Å². The largest absolute Gasteiger partial charge is 0.480 e. The Balaban J connectivity index is 6.40. The average molecular weight is 1140 g/mol. The molecular formula is C49H93N17O12S. The molecule has 0 fully saturated rings. The summed E-state index contributed by atoms with van der Waals surface area (Å²) in [7, 11) is 0. The maximum absolute atomic E-state index is 14.0. The lowest BCUT2D eigenvalue weighted by Gasteiger charge is -2.29. The summed E-state index contributed by atoms with van der Waals surface area (Å²) >= 11 is 1.50. The van der Waals surface area contributed by atoms with Crippen LogP contribution in [0, 0.1) is 17.8 Å². The first-order chi connectivity index (χ1) is 36.9. The van der Waals surface area contributed by atoms with E-state index in [0.29, 0.717) is 25.0 Å². The van der Waals surface area contributed by atoms with Gasteiger partial charge in [0.05, 0.1) is 18.7 Å². The number of hydrogen-bond acceptors (Lipinski definition) is 16. The molecule has 0 rings (SSSR count). The van der Waals surface area contributed by atoms with E-state index < -0.39 is 132 Å². The Morgan fingerprint density at radius 2 is 0.949 bits per heavy atom. The molecule has 0 saturated carbocycles. The van der Waals surface area contributed by atoms with E-state index in [1.165, 1.54) is 25.6 Å². The van der Waals surface area contributed by atoms with Gasteiger partial charge in [-0.25, -0.2) is 4.79 Å². The Bertz CT molecular complexity index is 2040. The van der Waals surface area contributed by atoms with Crippen molar-refractivity contribution >= 4 is 82.8 Å². The van der Waals surface area contributed by atoms with Gasteiger partial charge in [-0.3, -0.25) is 53.1 Å². The van der Waals surface area contributed by atoms with Crippen LogP contribution >= 0.6 is 11.8 Å². The summed E-state index contributed by atoms with van der Waals surface area (Å²) in [6.45, 7) is 12.6. The van der Waals surface area contributed by atoms with Crippen molar-refractivity contribution in [2.45, 2.75) is 180 Å². The minimum atomic E-state index is -1.69. The van der Waals surface area contributed by atoms with Crippen LogP contribution in [-0.2, 0) is 47.9 Å². The highest BCUT2D eigenvalue weighted by molar-refractivity contribution is 7.98. The smallest absolute Gasteiger partial charge is 0.326 e. The number of amides is 9. The van der Waals surface area contributed by atoms with Crippen LogP contribution < -0.4 is 82.3 Å². The van der Waals surface area contributed by atoms with Crippen LogP contribution in [0.15, 0.2) is 9.98 Å². The van der Waals surface area contributed by atoms with Gasteiger partial charge in [0.2, 0.25) is 53.2 Å². The summed E-state index contributed by atoms with van der Waals surface area (Å²) in [6, 6.07) is -11.4. The topological polar surface area (TPSA) is 500 Å². The van der Waals surface area contributed by atoms with Crippen molar-refractivity contribution in [3.8, 4) is 0 Å². The number of carbonyl (C=O) groups is 10. The van der Waals surface area contributed by atoms with E-state index in [9.17, 15) is 58.2 Å². The van der Waals surface area contributed by atoms with E-state index in [2.05, 4.69) is 57.8 Å². The second kappa shape index (κ2) is 38.9. The molecule has 79 heavy (non-hydrogen) atoms. The number of nitrogens with one attached hydrogen (secondary N) is 9. The third kappa shape index (κ3) is 31.0. The molecule has 0 radical (unpaired) electrons. The van der Waals surface area contributed by atoms with E-state index in [0.717, 1.165) is 0 Å². The van der Waals surface area contributed by atoms with Gasteiger partial charge in [-0.2, -0.15) is 11.8 Å². The van der Waals surface area contributed by atoms with E-state index in [1.54, 1.807) is 27.7 Å². The minimum absolute atomic E-state index is 0.0466. The molecule has 0 aliphatic carbocycles. The normalized spacial score (nSPS) is 15.0. The molecule has 0 aliphatic rings. The Kier molecular flexibility index (Phi) is 35.7. The first-order valence-electron chi connectivity index (χ1n) is 26.6. The fourth-order valence-electron chi connectivity index (χ4n) is 7.54. The Hall–Kier alpha value is -6.53. The van der Waals surface area contributed by atoms with Crippen molar-refractivity contribution in [2.75, 3.05) is 38.2 Å². The Labute approximate surface area is 467 Å². The van der Waals surface area contributed by atoms with Gasteiger partial charge in [-0.05, 0) is 114 Å². The first kappa shape index (κ1) is 72.5. The molecule has 0 saturated heterocycles. The number of aliphatic hydroxyl groups is 1. The van der Waals surface area contributed by atoms with Crippen LogP contribution in [0.1, 0.15) is 120 Å². The van der Waals surface area contributed by atoms with Crippen LogP contribution in [0.25, 0.3) is 0 Å². The van der Waals surface area contributed by atoms with Gasteiger partial charge in [-0.15, -0.1) is 0 Å². The van der Waals surface area contributed by atoms with E-state index in [-0.39, 0.29) is 88.3 Å². The summed E-state index contributed by atoms with van der Waals surface area (Å²) in [5, 5.41) is 43.2. The number of nitrogens with two attached hydrogens (primary N) is 6. The maximum atomic E-state index is 14.0. The minimum Gasteiger partial charge on any atom is -0.480 e. The van der Waals surface area contributed by atoms with Crippen molar-refractivity contribution in [1.82, 2.24) is 47.9 Å². The Morgan fingerprint density at radius 1 is 0.506 bits per heavy atom. The number of guanidine groups is 2. The summed E-state index contributed by atoms with van der Waals surface area (Å²) < 4.78 is 0. The Morgan fingerprint density at radius 3 is 1.42 bits per heavy atom. The van der Waals surface area contributed by atoms with Crippen molar-refractivity contribution in [1.29, 1.82) is 0 Å². The number of unbranched alkanes of at least 4 members (excludes halogenated alkanes) is 1. The van der Waals surface area contributed by atoms with Crippen molar-refractivity contribution in [2.24, 2.45) is 62.1 Å². The zero-order valence-corrected chi connectivity index (χ0v) is 48.2. The highest BCUT2D eigenvalue weighted by Gasteiger charge is 2.36. The monoisotopic (exact) mass is 1140 g/mol. The lowest BCUT2D eigenvalue weighted by atomic mass is 10.0. The standard InChI is InChI=1S/C49H93N17O12S/c1-25(2)22-34(63-40(70)30(51)17-21-79-9)44(74)62-33(16-13-20-57-49(54)55)43(73)66-38(29(8)67)46(76)65-37(27(5)6)45(75)58-24-36(68)60-31(15-12-19-56-48(52)53)42(72)61-32(14-10-11-18-50)41(71)59-28(7)39(69)64-35(47(77)78)23-26(3)4/h25-35,37-38,67H,10-24,50-51H2,1-9H3,(H,58,75)(H,59,71)(H,60,68)(H,61,72)(H,62,74)(H,63,70)(H,64,69)(H,65,76)(H,66,73)(H,77,78)(H4,52,53,56)(H4,54,55,57)/t28-,29+,30-,31-,32-,33-,34-,35-,37-,38-/m0/s1. The van der Waals surface area contributed by atoms with Gasteiger partial charge >= 0.3 is 5.97 Å². The lowest BCUT2D eigenvalue weighted by Crippen LogP contribution is -2.61. The molecule has 0 spiro atoms. The summed E-state index contributed by atoms with van der Waals surface area (Å²) in [4.78, 5) is 142. The zero-order valence-electron chi connectivity index (χ0n) is 47.4. The molecular weight excluding hydrogens is 1050 g/mol. The molecule has 0 aliphatic heterocycles. The first-order valence-corrected chi connectivity index (χ1v) is 28.0. The van der Waals surface area contributed by atoms with Crippen LogP contribution in [0.2, 0.25) is 0 Å². The molecule has 10 atom stereocenters. The van der Waals surface area contributed by atoms with E-state index in [4.69, 9.17) is 34.4 Å². The van der Waals surface area contributed by atoms with Crippen LogP contribution in [0.3, 0.4) is 0 Å². The van der Waals surface area contributed by atoms with Gasteiger partial charge in [-0.1, -0.05) is 41.5 Å². The number of carboxylic acid groups (broad SMARTS) is 1. The molecule has 0 aromatic carbocycles. The third-order valence-electron chi connectivity index (χ3n) is 11.9. The maximum Gasteiger partial charge on any atom is 0.326 e. The second-order valence-electron chi connectivity index (χ2n) is 20.4. The number of carbonyl (C=O) groups excluding carboxylic acids is 9. The molecule has 0 heterocycles. The van der Waals surface area contributed by atoms with Crippen LogP contribution in [0.5, 0.6) is 0 Å². The highest BCUT2D eigenvalue weighted by atomic mass is 32.2. The molecule has 30 heteroatoms. The molecule has 9 amide bonds. The molecule has 23 N–H and O–H groups in total. The summed E-state index contributed by atoms with van der Waals surface area (Å²) in [6.07, 6.45) is 2.08. The number of rotatable bonds is 40. The predicted octanol–water partition coefficient (Wildman–Crippen LogP) is -4.47. The molecule has 0 bridgehead atoms. The van der Waals surface area contributed by atoms with Crippen LogP contribution in [0.4, 0.5) is 0 Å². The number of aliphatic hydroxyl groups excluding tert-OH is 1. The van der Waals surface area contributed by atoms with Crippen LogP contribution in [-0.4, -0.2) is 180 Å². The molecule has 0 aromatic heterocycles. The second-order valence-corrected chi connectivity index (χ2v) is 21.4. The molecule has 452 valence electrons. The number of nitrogens with zero attached hydrogens (tertiary/aromatic N) is 2. The lowest BCUT2D eigenvalue weighted by molar-refractivity contribution is -0.142. The fraction of sp³-hybridized carbons (Fsp3) is 0.755. The highest BCUT2D eigenvalue weighted by Crippen LogP contribution is 2.12. The van der Waals surface area contributed by atoms with Gasteiger partial charge in [0.1, 0.15) is 48.3 Å². The van der Waals surface area contributed by atoms with Gasteiger partial charge in [0.15, 0.2) is 11.9 Å². The number of aliphatic carboxylic acids is 1. The molecule has 0 aromatic rings. The molecule has 0 unspecified atom stereocenters. The summed E-state index contributed by atoms with van der Waals surface area (Å²) in [5.41, 5.74) is 33.6. The van der Waals surface area contributed by atoms with E-state index in [1.807, 2.05) is 20.1 Å². The predicted molar refractivity (Wildman–Crippen MR) is 301 cm³/mol. The van der Waals surface area contributed by atoms with Gasteiger partial charge in [0.25, 0.3) is 0 Å². The number of aliphatic imine (C=N–C) groups is 2. The van der Waals surface area contributed by atoms with Gasteiger partial charge < -0.3 is 92.5 Å². The average Bonchev–Trinajstić information content (AvgIpc) is 3.35. The van der Waals surface area contributed by atoms with Crippen molar-refractivity contribution in [3.63, 3.8) is 0 Å².